The van der Waals surface area contributed by atoms with Crippen LogP contribution in [0, 0.1) is 11.8 Å². The molecule has 0 radical (unpaired) electrons. The van der Waals surface area contributed by atoms with Crippen molar-refractivity contribution >= 4 is 22.9 Å². The summed E-state index contributed by atoms with van der Waals surface area (Å²) in [5.41, 5.74) is 5.24. The van der Waals surface area contributed by atoms with Crippen molar-refractivity contribution in [3.63, 3.8) is 0 Å². The fraction of sp³-hybridized carbons (Fsp3) is 0.333. The Morgan fingerprint density at radius 1 is 1.58 bits per heavy atom. The van der Waals surface area contributed by atoms with Crippen molar-refractivity contribution in [2.75, 3.05) is 0 Å². The third kappa shape index (κ3) is 2.86. The van der Waals surface area contributed by atoms with Gasteiger partial charge >= 0.3 is 0 Å². The summed E-state index contributed by atoms with van der Waals surface area (Å²) in [5, 5.41) is 2.62. The van der Waals surface area contributed by atoms with E-state index in [1.165, 1.54) is 11.3 Å². The molecule has 0 saturated carbocycles. The molecule has 3 heteroatoms. The van der Waals surface area contributed by atoms with Gasteiger partial charge in [0.15, 0.2) is 0 Å². The number of nitrogens with two attached hydrogens (primary N) is 1. The molecule has 0 unspecified atom stereocenters. The third-order valence-corrected chi connectivity index (χ3v) is 2.37. The zero-order valence-electron chi connectivity index (χ0n) is 7.02. The predicted molar refractivity (Wildman–Crippen MR) is 54.5 cm³/mol. The lowest BCUT2D eigenvalue weighted by atomic mass is 10.1. The average Bonchev–Trinajstić information content (AvgIpc) is 2.29. The summed E-state index contributed by atoms with van der Waals surface area (Å²) in [6.07, 6.45) is 0. The predicted octanol–water partition coefficient (Wildman–Crippen LogP) is 2.49. The van der Waals surface area contributed by atoms with Gasteiger partial charge < -0.3 is 5.73 Å². The van der Waals surface area contributed by atoms with E-state index in [0.717, 1.165) is 4.88 Å². The molecule has 2 N–H and O–H groups in total. The second kappa shape index (κ2) is 3.49. The van der Waals surface area contributed by atoms with Gasteiger partial charge in [-0.05, 0) is 25.3 Å². The minimum absolute atomic E-state index is 0.451. The molecule has 1 nitrogen and oxygen atoms in total. The highest BCUT2D eigenvalue weighted by atomic mass is 35.5. The van der Waals surface area contributed by atoms with Crippen molar-refractivity contribution in [3.8, 4) is 11.8 Å². The van der Waals surface area contributed by atoms with Crippen LogP contribution in [0.15, 0.2) is 11.4 Å². The lowest BCUT2D eigenvalue weighted by Gasteiger charge is -2.06. The normalized spacial score (nSPS) is 10.7. The molecule has 0 aliphatic carbocycles. The van der Waals surface area contributed by atoms with Crippen LogP contribution >= 0.6 is 22.9 Å². The van der Waals surface area contributed by atoms with E-state index in [1.54, 1.807) is 0 Å². The van der Waals surface area contributed by atoms with Gasteiger partial charge in [0.25, 0.3) is 0 Å². The Balaban J connectivity index is 2.87. The van der Waals surface area contributed by atoms with Crippen LogP contribution in [0.3, 0.4) is 0 Å². The molecule has 0 aromatic carbocycles. The molecule has 0 atom stereocenters. The number of hydrogen-bond acceptors (Lipinski definition) is 2. The Morgan fingerprint density at radius 3 is 2.67 bits per heavy atom. The maximum Gasteiger partial charge on any atom is 0.0955 e. The van der Waals surface area contributed by atoms with Crippen LogP contribution in [0.2, 0.25) is 5.02 Å². The zero-order valence-corrected chi connectivity index (χ0v) is 8.59. The molecular weight excluding hydrogens is 190 g/mol. The third-order valence-electron chi connectivity index (χ3n) is 1.12. The SMILES string of the molecule is CC(C)(N)C#Cc1sccc1Cl. The van der Waals surface area contributed by atoms with Crippen molar-refractivity contribution in [3.05, 3.63) is 21.3 Å². The first-order valence-electron chi connectivity index (χ1n) is 3.54. The van der Waals surface area contributed by atoms with E-state index in [1.807, 2.05) is 25.3 Å². The van der Waals surface area contributed by atoms with Crippen molar-refractivity contribution < 1.29 is 0 Å². The van der Waals surface area contributed by atoms with Gasteiger partial charge in [-0.1, -0.05) is 23.4 Å². The molecule has 0 bridgehead atoms. The highest BCUT2D eigenvalue weighted by Crippen LogP contribution is 2.20. The Labute approximate surface area is 81.5 Å². The van der Waals surface area contributed by atoms with Gasteiger partial charge in [-0.3, -0.25) is 0 Å². The summed E-state index contributed by atoms with van der Waals surface area (Å²) in [7, 11) is 0. The molecule has 0 aliphatic rings. The topological polar surface area (TPSA) is 26.0 Å². The van der Waals surface area contributed by atoms with Crippen LogP contribution < -0.4 is 5.73 Å². The quantitative estimate of drug-likeness (QED) is 0.639. The fourth-order valence-corrected chi connectivity index (χ4v) is 1.55. The molecule has 1 aromatic heterocycles. The van der Waals surface area contributed by atoms with Gasteiger partial charge in [0.1, 0.15) is 0 Å². The van der Waals surface area contributed by atoms with Crippen LogP contribution in [0.5, 0.6) is 0 Å². The van der Waals surface area contributed by atoms with Gasteiger partial charge in [0.2, 0.25) is 0 Å². The number of rotatable bonds is 0. The number of thiophene rings is 1. The summed E-state index contributed by atoms with van der Waals surface area (Å²) in [4.78, 5) is 0.884. The van der Waals surface area contributed by atoms with Crippen LogP contribution in [0.4, 0.5) is 0 Å². The van der Waals surface area contributed by atoms with E-state index in [0.29, 0.717) is 5.02 Å². The Bertz CT molecular complexity index is 324. The minimum Gasteiger partial charge on any atom is -0.316 e. The molecule has 0 fully saturated rings. The molecule has 0 aliphatic heterocycles. The molecule has 1 heterocycles. The minimum atomic E-state index is -0.451. The number of halogens is 1. The van der Waals surface area contributed by atoms with E-state index in [2.05, 4.69) is 11.8 Å². The summed E-state index contributed by atoms with van der Waals surface area (Å²) < 4.78 is 0. The van der Waals surface area contributed by atoms with Gasteiger partial charge in [-0.25, -0.2) is 0 Å². The monoisotopic (exact) mass is 199 g/mol. The Hall–Kier alpha value is -0.490. The molecule has 0 spiro atoms. The molecule has 0 amide bonds. The van der Waals surface area contributed by atoms with Crippen molar-refractivity contribution in [2.24, 2.45) is 5.73 Å². The second-order valence-electron chi connectivity index (χ2n) is 3.07. The van der Waals surface area contributed by atoms with Crippen molar-refractivity contribution in [1.29, 1.82) is 0 Å². The summed E-state index contributed by atoms with van der Waals surface area (Å²) in [5.74, 6) is 5.86. The van der Waals surface area contributed by atoms with Gasteiger partial charge in [-0.15, -0.1) is 11.3 Å². The maximum absolute atomic E-state index is 5.84. The highest BCUT2D eigenvalue weighted by Gasteiger charge is 2.04. The molecular formula is C9H10ClNS. The van der Waals surface area contributed by atoms with Crippen LogP contribution in [0.25, 0.3) is 0 Å². The van der Waals surface area contributed by atoms with Crippen LogP contribution in [-0.4, -0.2) is 5.54 Å². The maximum atomic E-state index is 5.84. The van der Waals surface area contributed by atoms with E-state index >= 15 is 0 Å². The first-order valence-corrected chi connectivity index (χ1v) is 4.80. The van der Waals surface area contributed by atoms with E-state index < -0.39 is 5.54 Å². The first-order chi connectivity index (χ1) is 5.49. The molecule has 1 aromatic rings. The summed E-state index contributed by atoms with van der Waals surface area (Å²) in [6, 6.07) is 1.83. The molecule has 1 rings (SSSR count). The largest absolute Gasteiger partial charge is 0.316 e. The summed E-state index contributed by atoms with van der Waals surface area (Å²) in [6.45, 7) is 3.73. The van der Waals surface area contributed by atoms with Crippen LogP contribution in [0.1, 0.15) is 18.7 Å². The van der Waals surface area contributed by atoms with E-state index in [4.69, 9.17) is 17.3 Å². The number of hydrogen-bond donors (Lipinski definition) is 1. The van der Waals surface area contributed by atoms with Gasteiger partial charge in [-0.2, -0.15) is 0 Å². The second-order valence-corrected chi connectivity index (χ2v) is 4.39. The smallest absolute Gasteiger partial charge is 0.0955 e. The first kappa shape index (κ1) is 9.60. The molecule has 12 heavy (non-hydrogen) atoms. The lowest BCUT2D eigenvalue weighted by molar-refractivity contribution is 0.681. The van der Waals surface area contributed by atoms with Gasteiger partial charge in [0.05, 0.1) is 15.4 Å². The molecule has 0 saturated heterocycles. The Morgan fingerprint density at radius 2 is 2.25 bits per heavy atom. The van der Waals surface area contributed by atoms with E-state index in [-0.39, 0.29) is 0 Å². The average molecular weight is 200 g/mol. The fourth-order valence-electron chi connectivity index (χ4n) is 0.601. The van der Waals surface area contributed by atoms with Crippen LogP contribution in [-0.2, 0) is 0 Å². The highest BCUT2D eigenvalue weighted by molar-refractivity contribution is 7.11. The standard InChI is InChI=1S/C9H10ClNS/c1-9(2,11)5-3-8-7(10)4-6-12-8/h4,6H,11H2,1-2H3. The van der Waals surface area contributed by atoms with Crippen molar-refractivity contribution in [1.82, 2.24) is 0 Å². The van der Waals surface area contributed by atoms with Crippen molar-refractivity contribution in [2.45, 2.75) is 19.4 Å². The molecule has 64 valence electrons. The Kier molecular flexibility index (Phi) is 2.79. The lowest BCUT2D eigenvalue weighted by Crippen LogP contribution is -2.29. The summed E-state index contributed by atoms with van der Waals surface area (Å²) >= 11 is 7.36. The zero-order chi connectivity index (χ0) is 9.19. The van der Waals surface area contributed by atoms with Gasteiger partial charge in [0, 0.05) is 0 Å². The van der Waals surface area contributed by atoms with E-state index in [9.17, 15) is 0 Å².